The van der Waals surface area contributed by atoms with Crippen LogP contribution in [0.1, 0.15) is 28.3 Å². The van der Waals surface area contributed by atoms with Crippen molar-refractivity contribution in [1.29, 1.82) is 0 Å². The zero-order valence-corrected chi connectivity index (χ0v) is 16.2. The topological polar surface area (TPSA) is 83.7 Å². The van der Waals surface area contributed by atoms with Gasteiger partial charge in [-0.1, -0.05) is 30.3 Å². The molecule has 0 radical (unpaired) electrons. The Labute approximate surface area is 168 Å². The molecule has 29 heavy (non-hydrogen) atoms. The fraction of sp³-hybridized carbons (Fsp3) is 0.261. The van der Waals surface area contributed by atoms with Crippen LogP contribution in [0.15, 0.2) is 48.7 Å². The number of imide groups is 1. The lowest BCUT2D eigenvalue weighted by atomic mass is 9.84. The maximum Gasteiger partial charge on any atom is 0.240 e. The van der Waals surface area contributed by atoms with E-state index in [0.29, 0.717) is 5.69 Å². The highest BCUT2D eigenvalue weighted by Crippen LogP contribution is 2.53. The van der Waals surface area contributed by atoms with E-state index in [1.54, 1.807) is 11.1 Å². The average Bonchev–Trinajstić information content (AvgIpc) is 3.14. The summed E-state index contributed by atoms with van der Waals surface area (Å²) in [7, 11) is 0. The third-order valence-electron chi connectivity index (χ3n) is 6.22. The van der Waals surface area contributed by atoms with Gasteiger partial charge in [0.25, 0.3) is 0 Å². The van der Waals surface area contributed by atoms with Crippen molar-refractivity contribution in [3.05, 3.63) is 70.9 Å². The van der Waals surface area contributed by atoms with Gasteiger partial charge in [-0.25, -0.2) is 4.90 Å². The first kappa shape index (κ1) is 17.7. The maximum atomic E-state index is 13.6. The van der Waals surface area contributed by atoms with Gasteiger partial charge in [0.15, 0.2) is 0 Å². The minimum Gasteiger partial charge on any atom is -0.368 e. The second kappa shape index (κ2) is 6.04. The number of nitrogens with two attached hydrogens (primary N) is 1. The highest BCUT2D eigenvalue weighted by Gasteiger charge is 2.64. The maximum absolute atomic E-state index is 13.6. The van der Waals surface area contributed by atoms with E-state index >= 15 is 0 Å². The van der Waals surface area contributed by atoms with Gasteiger partial charge in [0.1, 0.15) is 6.04 Å². The van der Waals surface area contributed by atoms with Gasteiger partial charge < -0.3 is 10.6 Å². The molecule has 0 unspecified atom stereocenters. The third-order valence-corrected chi connectivity index (χ3v) is 6.22. The van der Waals surface area contributed by atoms with Gasteiger partial charge in [-0.3, -0.25) is 14.4 Å². The molecule has 3 amide bonds. The molecule has 2 aromatic rings. The first-order chi connectivity index (χ1) is 13.9. The van der Waals surface area contributed by atoms with Crippen LogP contribution in [-0.4, -0.2) is 28.7 Å². The molecule has 6 nitrogen and oxygen atoms in total. The Morgan fingerprint density at radius 2 is 1.62 bits per heavy atom. The molecule has 0 aromatic heterocycles. The smallest absolute Gasteiger partial charge is 0.240 e. The molecule has 4 atom stereocenters. The number of amides is 3. The van der Waals surface area contributed by atoms with Crippen LogP contribution >= 0.6 is 0 Å². The SMILES string of the molecule is Cc1cc(C)cc(N2C(=O)[C@@H]3[C@@H](C2=O)[C@@H]2c4ccccc4C=CN2[C@@H]3C(N)=O)c1. The summed E-state index contributed by atoms with van der Waals surface area (Å²) in [5.74, 6) is -2.65. The Morgan fingerprint density at radius 1 is 0.966 bits per heavy atom. The van der Waals surface area contributed by atoms with E-state index in [4.69, 9.17) is 5.73 Å². The van der Waals surface area contributed by atoms with Crippen molar-refractivity contribution in [2.75, 3.05) is 4.90 Å². The lowest BCUT2D eigenvalue weighted by Gasteiger charge is -2.34. The summed E-state index contributed by atoms with van der Waals surface area (Å²) in [4.78, 5) is 42.4. The Balaban J connectivity index is 1.66. The van der Waals surface area contributed by atoms with Gasteiger partial charge >= 0.3 is 0 Å². The molecule has 5 rings (SSSR count). The summed E-state index contributed by atoms with van der Waals surface area (Å²) in [6.07, 6.45) is 3.70. The van der Waals surface area contributed by atoms with Gasteiger partial charge in [0, 0.05) is 6.20 Å². The van der Waals surface area contributed by atoms with Crippen molar-refractivity contribution in [1.82, 2.24) is 4.90 Å². The van der Waals surface area contributed by atoms with Crippen LogP contribution in [0, 0.1) is 25.7 Å². The number of carbonyl (C=O) groups is 3. The minimum absolute atomic E-state index is 0.270. The van der Waals surface area contributed by atoms with Crippen molar-refractivity contribution in [3.8, 4) is 0 Å². The number of benzene rings is 2. The molecule has 2 saturated heterocycles. The van der Waals surface area contributed by atoms with E-state index in [9.17, 15) is 14.4 Å². The third kappa shape index (κ3) is 2.38. The lowest BCUT2D eigenvalue weighted by Crippen LogP contribution is -2.46. The molecule has 0 bridgehead atoms. The Hall–Kier alpha value is -3.41. The molecule has 3 aliphatic heterocycles. The van der Waals surface area contributed by atoms with Crippen molar-refractivity contribution in [2.45, 2.75) is 25.9 Å². The number of rotatable bonds is 2. The summed E-state index contributed by atoms with van der Waals surface area (Å²) in [6, 6.07) is 12.2. The van der Waals surface area contributed by atoms with E-state index in [1.165, 1.54) is 4.90 Å². The predicted octanol–water partition coefficient (Wildman–Crippen LogP) is 2.30. The molecule has 3 aliphatic rings. The molecule has 3 heterocycles. The first-order valence-electron chi connectivity index (χ1n) is 9.68. The number of carbonyl (C=O) groups excluding carboxylic acids is 3. The zero-order valence-electron chi connectivity index (χ0n) is 16.2. The Kier molecular flexibility index (Phi) is 3.68. The van der Waals surface area contributed by atoms with Gasteiger partial charge in [0.2, 0.25) is 17.7 Å². The van der Waals surface area contributed by atoms with E-state index < -0.39 is 23.8 Å². The van der Waals surface area contributed by atoms with Gasteiger partial charge in [-0.05, 0) is 54.3 Å². The number of hydrogen-bond acceptors (Lipinski definition) is 4. The van der Waals surface area contributed by atoms with E-state index in [1.807, 2.05) is 62.4 Å². The second-order valence-electron chi connectivity index (χ2n) is 8.09. The molecule has 0 aliphatic carbocycles. The number of primary amides is 1. The minimum atomic E-state index is -0.845. The van der Waals surface area contributed by atoms with Crippen molar-refractivity contribution >= 4 is 29.5 Å². The highest BCUT2D eigenvalue weighted by atomic mass is 16.2. The molecule has 0 saturated carbocycles. The van der Waals surface area contributed by atoms with Crippen LogP contribution in [0.25, 0.3) is 6.08 Å². The summed E-state index contributed by atoms with van der Waals surface area (Å²) in [5, 5.41) is 0. The summed E-state index contributed by atoms with van der Waals surface area (Å²) >= 11 is 0. The number of anilines is 1. The quantitative estimate of drug-likeness (QED) is 0.802. The fourth-order valence-corrected chi connectivity index (χ4v) is 5.22. The number of hydrogen-bond donors (Lipinski definition) is 1. The summed E-state index contributed by atoms with van der Waals surface area (Å²) < 4.78 is 0. The van der Waals surface area contributed by atoms with Crippen molar-refractivity contribution in [3.63, 3.8) is 0 Å². The summed E-state index contributed by atoms with van der Waals surface area (Å²) in [6.45, 7) is 3.86. The lowest BCUT2D eigenvalue weighted by molar-refractivity contribution is -0.129. The summed E-state index contributed by atoms with van der Waals surface area (Å²) in [5.41, 5.74) is 10.1. The Bertz CT molecular complexity index is 1090. The van der Waals surface area contributed by atoms with Crippen molar-refractivity contribution < 1.29 is 14.4 Å². The van der Waals surface area contributed by atoms with Crippen LogP contribution in [0.3, 0.4) is 0 Å². The van der Waals surface area contributed by atoms with Crippen LogP contribution in [-0.2, 0) is 14.4 Å². The van der Waals surface area contributed by atoms with Crippen molar-refractivity contribution in [2.24, 2.45) is 17.6 Å². The molecular weight excluding hydrogens is 366 g/mol. The molecule has 2 aromatic carbocycles. The molecule has 6 heteroatoms. The van der Waals surface area contributed by atoms with E-state index in [-0.39, 0.29) is 17.9 Å². The van der Waals surface area contributed by atoms with Gasteiger partial charge in [-0.15, -0.1) is 0 Å². The van der Waals surface area contributed by atoms with Crippen LogP contribution in [0.2, 0.25) is 0 Å². The monoisotopic (exact) mass is 387 g/mol. The highest BCUT2D eigenvalue weighted by molar-refractivity contribution is 6.24. The molecule has 146 valence electrons. The molecular formula is C23H21N3O3. The van der Waals surface area contributed by atoms with Crippen LogP contribution in [0.4, 0.5) is 5.69 Å². The van der Waals surface area contributed by atoms with Gasteiger partial charge in [0.05, 0.1) is 23.6 Å². The average molecular weight is 387 g/mol. The second-order valence-corrected chi connectivity index (χ2v) is 8.09. The van der Waals surface area contributed by atoms with Crippen LogP contribution in [0.5, 0.6) is 0 Å². The standard InChI is InChI=1S/C23H21N3O3/c1-12-9-13(2)11-15(10-12)26-22(28)17-18(23(26)29)20(21(24)27)25-8-7-14-5-3-4-6-16(14)19(17)25/h3-11,17-20H,1-2H3,(H2,24,27)/t17-,18-,19+,20+/m1/s1. The number of nitrogens with zero attached hydrogens (tertiary/aromatic N) is 2. The van der Waals surface area contributed by atoms with Gasteiger partial charge in [-0.2, -0.15) is 0 Å². The van der Waals surface area contributed by atoms with E-state index in [2.05, 4.69) is 0 Å². The predicted molar refractivity (Wildman–Crippen MR) is 108 cm³/mol. The number of aryl methyl sites for hydroxylation is 2. The van der Waals surface area contributed by atoms with Crippen LogP contribution < -0.4 is 10.6 Å². The fourth-order valence-electron chi connectivity index (χ4n) is 5.22. The number of fused-ring (bicyclic) bond motifs is 5. The Morgan fingerprint density at radius 3 is 2.31 bits per heavy atom. The largest absolute Gasteiger partial charge is 0.368 e. The first-order valence-corrected chi connectivity index (χ1v) is 9.68. The molecule has 2 N–H and O–H groups in total. The normalized spacial score (nSPS) is 27.1. The molecule has 2 fully saturated rings. The molecule has 0 spiro atoms. The zero-order chi connectivity index (χ0) is 20.4. The van der Waals surface area contributed by atoms with E-state index in [0.717, 1.165) is 22.3 Å².